The number of hydrogen-bond donors (Lipinski definition) is 0. The fraction of sp³-hybridized carbons (Fsp3) is 0.294. The number of methoxy groups -OCH3 is 1. The number of aromatic nitrogens is 1. The van der Waals surface area contributed by atoms with Crippen molar-refractivity contribution in [1.29, 1.82) is 0 Å². The third-order valence-corrected chi connectivity index (χ3v) is 3.44. The Morgan fingerprint density at radius 1 is 1.05 bits per heavy atom. The van der Waals surface area contributed by atoms with Gasteiger partial charge in [0.15, 0.2) is 17.9 Å². The molecule has 0 fully saturated rings. The highest BCUT2D eigenvalue weighted by Gasteiger charge is 2.13. The van der Waals surface area contributed by atoms with Crippen LogP contribution in [0.4, 0.5) is 0 Å². The van der Waals surface area contributed by atoms with Crippen LogP contribution in [-0.4, -0.2) is 13.1 Å². The van der Waals surface area contributed by atoms with Gasteiger partial charge in [-0.1, -0.05) is 12.1 Å². The normalized spacial score (nSPS) is 10.4. The maximum absolute atomic E-state index is 11.4. The number of esters is 1. The molecule has 0 unspecified atom stereocenters. The van der Waals surface area contributed by atoms with Gasteiger partial charge in [0.1, 0.15) is 0 Å². The van der Waals surface area contributed by atoms with Gasteiger partial charge in [-0.05, 0) is 24.6 Å². The maximum atomic E-state index is 11.4. The molecule has 20 heavy (non-hydrogen) atoms. The summed E-state index contributed by atoms with van der Waals surface area (Å²) < 4.78 is 6.97. The van der Waals surface area contributed by atoms with Gasteiger partial charge in [0.05, 0.1) is 12.7 Å². The van der Waals surface area contributed by atoms with Crippen molar-refractivity contribution in [2.75, 3.05) is 7.11 Å². The van der Waals surface area contributed by atoms with Gasteiger partial charge in [-0.2, -0.15) is 4.57 Å². The average Bonchev–Trinajstić information content (AvgIpc) is 2.42. The molecular formula is C17H20NO2+. The smallest absolute Gasteiger partial charge is 0.337 e. The van der Waals surface area contributed by atoms with Gasteiger partial charge < -0.3 is 4.74 Å². The Bertz CT molecular complexity index is 607. The Kier molecular flexibility index (Phi) is 4.18. The van der Waals surface area contributed by atoms with Crippen molar-refractivity contribution in [1.82, 2.24) is 0 Å². The van der Waals surface area contributed by atoms with Crippen LogP contribution in [0.1, 0.15) is 32.9 Å². The second-order valence-electron chi connectivity index (χ2n) is 5.09. The van der Waals surface area contributed by atoms with Gasteiger partial charge in [0.2, 0.25) is 0 Å². The summed E-state index contributed by atoms with van der Waals surface area (Å²) in [5.74, 6) is -0.299. The van der Waals surface area contributed by atoms with Crippen molar-refractivity contribution in [2.45, 2.75) is 27.3 Å². The first-order chi connectivity index (χ1) is 9.51. The molecule has 0 aliphatic rings. The highest BCUT2D eigenvalue weighted by Crippen LogP contribution is 2.08. The second kappa shape index (κ2) is 5.87. The van der Waals surface area contributed by atoms with Gasteiger partial charge in [0, 0.05) is 31.5 Å². The standard InChI is InChI=1S/C17H20NO2/c1-12-9-13(2)18(14(3)10-12)11-15-5-7-16(8-6-15)17(19)20-4/h5-10H,11H2,1-4H3/q+1. The Morgan fingerprint density at radius 2 is 1.60 bits per heavy atom. The Labute approximate surface area is 119 Å². The van der Waals surface area contributed by atoms with Crippen molar-refractivity contribution < 1.29 is 14.1 Å². The van der Waals surface area contributed by atoms with Crippen molar-refractivity contribution in [3.05, 3.63) is 64.5 Å². The molecule has 0 bridgehead atoms. The van der Waals surface area contributed by atoms with Crippen LogP contribution in [0.15, 0.2) is 36.4 Å². The first-order valence-corrected chi connectivity index (χ1v) is 6.66. The first kappa shape index (κ1) is 14.3. The van der Waals surface area contributed by atoms with Crippen LogP contribution in [0.25, 0.3) is 0 Å². The fourth-order valence-corrected chi connectivity index (χ4v) is 2.43. The van der Waals surface area contributed by atoms with Crippen molar-refractivity contribution >= 4 is 5.97 Å². The molecule has 104 valence electrons. The third kappa shape index (κ3) is 3.05. The van der Waals surface area contributed by atoms with E-state index < -0.39 is 0 Å². The second-order valence-corrected chi connectivity index (χ2v) is 5.09. The number of nitrogens with zero attached hydrogens (tertiary/aromatic N) is 1. The van der Waals surface area contributed by atoms with Gasteiger partial charge in [-0.3, -0.25) is 0 Å². The molecule has 0 N–H and O–H groups in total. The molecule has 0 atom stereocenters. The Morgan fingerprint density at radius 3 is 2.10 bits per heavy atom. The van der Waals surface area contributed by atoms with Crippen molar-refractivity contribution in [3.63, 3.8) is 0 Å². The number of ether oxygens (including phenoxy) is 1. The van der Waals surface area contributed by atoms with Crippen LogP contribution >= 0.6 is 0 Å². The lowest BCUT2D eigenvalue weighted by molar-refractivity contribution is -0.700. The molecule has 2 aromatic rings. The SMILES string of the molecule is COC(=O)c1ccc(C[n+]2c(C)cc(C)cc2C)cc1. The summed E-state index contributed by atoms with van der Waals surface area (Å²) in [6.45, 7) is 7.14. The monoisotopic (exact) mass is 270 g/mol. The van der Waals surface area contributed by atoms with Crippen LogP contribution in [0.2, 0.25) is 0 Å². The molecule has 0 spiro atoms. The molecule has 1 aromatic carbocycles. The van der Waals surface area contributed by atoms with E-state index >= 15 is 0 Å². The number of pyridine rings is 1. The predicted molar refractivity (Wildman–Crippen MR) is 77.7 cm³/mol. The number of hydrogen-bond acceptors (Lipinski definition) is 2. The van der Waals surface area contributed by atoms with Crippen LogP contribution in [0, 0.1) is 20.8 Å². The summed E-state index contributed by atoms with van der Waals surface area (Å²) in [7, 11) is 1.39. The van der Waals surface area contributed by atoms with Gasteiger partial charge in [-0.15, -0.1) is 0 Å². The largest absolute Gasteiger partial charge is 0.465 e. The van der Waals surface area contributed by atoms with Crippen LogP contribution < -0.4 is 4.57 Å². The molecule has 0 saturated heterocycles. The summed E-state index contributed by atoms with van der Waals surface area (Å²) in [6, 6.07) is 11.9. The Hall–Kier alpha value is -2.16. The Balaban J connectivity index is 2.25. The van der Waals surface area contributed by atoms with E-state index in [0.29, 0.717) is 5.56 Å². The van der Waals surface area contributed by atoms with E-state index in [1.165, 1.54) is 24.1 Å². The van der Waals surface area contributed by atoms with E-state index in [-0.39, 0.29) is 5.97 Å². The van der Waals surface area contributed by atoms with Crippen LogP contribution in [0.3, 0.4) is 0 Å². The van der Waals surface area contributed by atoms with Crippen molar-refractivity contribution in [2.24, 2.45) is 0 Å². The van der Waals surface area contributed by atoms with Crippen LogP contribution in [-0.2, 0) is 11.3 Å². The molecule has 0 amide bonds. The van der Waals surface area contributed by atoms with E-state index in [1.807, 2.05) is 12.1 Å². The minimum Gasteiger partial charge on any atom is -0.465 e. The molecule has 0 aliphatic carbocycles. The lowest BCUT2D eigenvalue weighted by atomic mass is 10.1. The molecular weight excluding hydrogens is 250 g/mol. The molecule has 0 aliphatic heterocycles. The molecule has 3 heteroatoms. The van der Waals surface area contributed by atoms with Gasteiger partial charge in [-0.25, -0.2) is 4.79 Å². The van der Waals surface area contributed by atoms with E-state index in [0.717, 1.165) is 12.1 Å². The lowest BCUT2D eigenvalue weighted by Crippen LogP contribution is -2.40. The van der Waals surface area contributed by atoms with Crippen molar-refractivity contribution in [3.8, 4) is 0 Å². The summed E-state index contributed by atoms with van der Waals surface area (Å²) in [6.07, 6.45) is 0. The van der Waals surface area contributed by atoms with Gasteiger partial charge >= 0.3 is 5.97 Å². The number of carbonyl (C=O) groups excluding carboxylic acids is 1. The average molecular weight is 270 g/mol. The highest BCUT2D eigenvalue weighted by molar-refractivity contribution is 5.89. The van der Waals surface area contributed by atoms with E-state index in [9.17, 15) is 4.79 Å². The zero-order valence-electron chi connectivity index (χ0n) is 12.4. The summed E-state index contributed by atoms with van der Waals surface area (Å²) in [4.78, 5) is 11.4. The maximum Gasteiger partial charge on any atom is 0.337 e. The minimum absolute atomic E-state index is 0.299. The molecule has 2 rings (SSSR count). The number of aryl methyl sites for hydroxylation is 3. The van der Waals surface area contributed by atoms with E-state index in [4.69, 9.17) is 4.74 Å². The van der Waals surface area contributed by atoms with Crippen LogP contribution in [0.5, 0.6) is 0 Å². The van der Waals surface area contributed by atoms with E-state index in [1.54, 1.807) is 12.1 Å². The van der Waals surface area contributed by atoms with E-state index in [2.05, 4.69) is 37.5 Å². The summed E-state index contributed by atoms with van der Waals surface area (Å²) in [5.41, 5.74) is 5.49. The first-order valence-electron chi connectivity index (χ1n) is 6.66. The quantitative estimate of drug-likeness (QED) is 0.634. The number of benzene rings is 1. The zero-order valence-corrected chi connectivity index (χ0v) is 12.4. The topological polar surface area (TPSA) is 30.2 Å². The highest BCUT2D eigenvalue weighted by atomic mass is 16.5. The molecule has 1 aromatic heterocycles. The predicted octanol–water partition coefficient (Wildman–Crippen LogP) is 2.73. The summed E-state index contributed by atoms with van der Waals surface area (Å²) >= 11 is 0. The molecule has 0 radical (unpaired) electrons. The summed E-state index contributed by atoms with van der Waals surface area (Å²) in [5, 5.41) is 0. The van der Waals surface area contributed by atoms with Gasteiger partial charge in [0.25, 0.3) is 0 Å². The zero-order chi connectivity index (χ0) is 14.7. The number of rotatable bonds is 3. The minimum atomic E-state index is -0.299. The molecule has 0 saturated carbocycles. The molecule has 1 heterocycles. The number of carbonyl (C=O) groups is 1. The lowest BCUT2D eigenvalue weighted by Gasteiger charge is -2.06. The third-order valence-electron chi connectivity index (χ3n) is 3.44. The molecule has 3 nitrogen and oxygen atoms in total. The fourth-order valence-electron chi connectivity index (χ4n) is 2.43.